The van der Waals surface area contributed by atoms with E-state index in [1.807, 2.05) is 37.3 Å². The molecule has 1 N–H and O–H groups in total. The van der Waals surface area contributed by atoms with Crippen molar-refractivity contribution in [1.29, 1.82) is 0 Å². The van der Waals surface area contributed by atoms with Crippen molar-refractivity contribution in [3.63, 3.8) is 0 Å². The molecule has 1 aliphatic rings. The van der Waals surface area contributed by atoms with Crippen molar-refractivity contribution in [2.75, 3.05) is 14.2 Å². The second kappa shape index (κ2) is 9.46. The maximum Gasteiger partial charge on any atom is 0.327 e. The van der Waals surface area contributed by atoms with E-state index < -0.39 is 0 Å². The fourth-order valence-electron chi connectivity index (χ4n) is 4.58. The highest BCUT2D eigenvalue weighted by Gasteiger charge is 2.31. The monoisotopic (exact) mass is 439 g/mol. The Bertz CT molecular complexity index is 1140. The van der Waals surface area contributed by atoms with Crippen molar-refractivity contribution in [1.82, 2.24) is 14.5 Å². The van der Waals surface area contributed by atoms with Crippen LogP contribution in [0.5, 0.6) is 11.6 Å². The number of aromatic nitrogens is 3. The van der Waals surface area contributed by atoms with Gasteiger partial charge in [0.25, 0.3) is 0 Å². The van der Waals surface area contributed by atoms with Crippen molar-refractivity contribution < 1.29 is 19.0 Å². The first-order valence-corrected chi connectivity index (χ1v) is 10.9. The largest absolute Gasteiger partial charge is 0.497 e. The second-order valence-corrected chi connectivity index (χ2v) is 8.34. The summed E-state index contributed by atoms with van der Waals surface area (Å²) in [6.07, 6.45) is 3.29. The van der Waals surface area contributed by atoms with Crippen LogP contribution < -0.4 is 15.2 Å². The van der Waals surface area contributed by atoms with E-state index in [9.17, 15) is 9.59 Å². The number of benzene rings is 1. The average molecular weight is 440 g/mol. The molecule has 1 aliphatic carbocycles. The molecule has 1 unspecified atom stereocenters. The zero-order valence-electron chi connectivity index (χ0n) is 18.7. The van der Waals surface area contributed by atoms with Crippen molar-refractivity contribution in [2.45, 2.75) is 45.3 Å². The molecule has 32 heavy (non-hydrogen) atoms. The minimum Gasteiger partial charge on any atom is -0.497 e. The van der Waals surface area contributed by atoms with Crippen molar-refractivity contribution in [3.8, 4) is 11.6 Å². The number of esters is 1. The lowest BCUT2D eigenvalue weighted by Gasteiger charge is -2.31. The van der Waals surface area contributed by atoms with Gasteiger partial charge in [-0.3, -0.25) is 9.36 Å². The van der Waals surface area contributed by atoms with Gasteiger partial charge in [-0.25, -0.2) is 4.79 Å². The Balaban J connectivity index is 1.51. The molecule has 3 aromatic rings. The van der Waals surface area contributed by atoms with Crippen LogP contribution in [-0.4, -0.2) is 34.7 Å². The summed E-state index contributed by atoms with van der Waals surface area (Å²) in [5, 5.41) is 0. The van der Waals surface area contributed by atoms with Gasteiger partial charge in [0.05, 0.1) is 25.7 Å². The molecule has 1 aromatic carbocycles. The Labute approximate surface area is 186 Å². The minimum absolute atomic E-state index is 0.0436. The normalized spacial score (nSPS) is 19.5. The third-order valence-electron chi connectivity index (χ3n) is 6.45. The molecule has 4 rings (SSSR count). The fraction of sp³-hybridized carbons (Fsp3) is 0.458. The van der Waals surface area contributed by atoms with Crippen LogP contribution in [0.4, 0.5) is 0 Å². The van der Waals surface area contributed by atoms with Crippen LogP contribution in [0.2, 0.25) is 0 Å². The molecule has 0 aliphatic heterocycles. The Morgan fingerprint density at radius 1 is 1.19 bits per heavy atom. The van der Waals surface area contributed by atoms with Gasteiger partial charge in [0, 0.05) is 12.1 Å². The maximum absolute atomic E-state index is 12.7. The summed E-state index contributed by atoms with van der Waals surface area (Å²) in [5.41, 5.74) is 2.05. The number of nitrogens with zero attached hydrogens (tertiary/aromatic N) is 2. The van der Waals surface area contributed by atoms with Gasteiger partial charge < -0.3 is 19.2 Å². The first-order chi connectivity index (χ1) is 15.5. The highest BCUT2D eigenvalue weighted by atomic mass is 16.5. The highest BCUT2D eigenvalue weighted by Crippen LogP contribution is 2.36. The number of fused-ring (bicyclic) bond motifs is 1. The standard InChI is InChI=1S/C24H29N3O5/c1-15(17-7-9-18(10-8-17)23(28)31-3)27-22-20(25-24(27)29)11-12-21(26-22)32-14-16-5-4-6-19(13-16)30-2/h4-6,11-13,15,17-18H,7-10,14H2,1-3H3,(H,25,29)/t15?,17-,18-. The Morgan fingerprint density at radius 3 is 2.69 bits per heavy atom. The SMILES string of the molecule is COc1cccc(COc2ccc3[nH]c(=O)n(C(C)[C@H]4CC[C@H](C(=O)OC)CC4)c3n2)c1. The summed E-state index contributed by atoms with van der Waals surface area (Å²) in [6.45, 7) is 2.39. The van der Waals surface area contributed by atoms with Crippen LogP contribution in [0.1, 0.15) is 44.2 Å². The molecular formula is C24H29N3O5. The van der Waals surface area contributed by atoms with Gasteiger partial charge in [-0.15, -0.1) is 0 Å². The third kappa shape index (κ3) is 4.49. The Morgan fingerprint density at radius 2 is 1.97 bits per heavy atom. The van der Waals surface area contributed by atoms with Crippen molar-refractivity contribution in [3.05, 3.63) is 52.4 Å². The molecule has 8 heteroatoms. The molecule has 1 fully saturated rings. The van der Waals surface area contributed by atoms with Gasteiger partial charge >= 0.3 is 11.7 Å². The number of aromatic amines is 1. The van der Waals surface area contributed by atoms with E-state index in [0.717, 1.165) is 37.0 Å². The number of pyridine rings is 1. The number of ether oxygens (including phenoxy) is 3. The number of hydrogen-bond donors (Lipinski definition) is 1. The van der Waals surface area contributed by atoms with Gasteiger partial charge in [-0.2, -0.15) is 4.98 Å². The maximum atomic E-state index is 12.7. The van der Waals surface area contributed by atoms with Crippen LogP contribution in [0.15, 0.2) is 41.2 Å². The first kappa shape index (κ1) is 21.9. The second-order valence-electron chi connectivity index (χ2n) is 8.34. The summed E-state index contributed by atoms with van der Waals surface area (Å²) in [5.74, 6) is 1.33. The first-order valence-electron chi connectivity index (χ1n) is 10.9. The molecule has 1 atom stereocenters. The third-order valence-corrected chi connectivity index (χ3v) is 6.45. The molecule has 1 saturated carbocycles. The quantitative estimate of drug-likeness (QED) is 0.562. The zero-order valence-corrected chi connectivity index (χ0v) is 18.7. The molecule has 0 radical (unpaired) electrons. The number of carbonyl (C=O) groups excluding carboxylic acids is 1. The van der Waals surface area contributed by atoms with E-state index in [1.165, 1.54) is 7.11 Å². The van der Waals surface area contributed by atoms with E-state index in [2.05, 4.69) is 9.97 Å². The number of H-pyrrole nitrogens is 1. The summed E-state index contributed by atoms with van der Waals surface area (Å²) < 4.78 is 17.8. The lowest BCUT2D eigenvalue weighted by atomic mass is 9.79. The molecule has 8 nitrogen and oxygen atoms in total. The number of imidazole rings is 1. The highest BCUT2D eigenvalue weighted by molar-refractivity contribution is 5.72. The fourth-order valence-corrected chi connectivity index (χ4v) is 4.58. The average Bonchev–Trinajstić information content (AvgIpc) is 3.16. The van der Waals surface area contributed by atoms with Crippen LogP contribution in [0.25, 0.3) is 11.2 Å². The number of rotatable bonds is 7. The lowest BCUT2D eigenvalue weighted by molar-refractivity contribution is -0.146. The Hall–Kier alpha value is -3.29. The summed E-state index contributed by atoms with van der Waals surface area (Å²) in [6, 6.07) is 11.2. The predicted octanol–water partition coefficient (Wildman–Crippen LogP) is 3.85. The van der Waals surface area contributed by atoms with E-state index in [4.69, 9.17) is 14.2 Å². The van der Waals surface area contributed by atoms with Crippen LogP contribution in [-0.2, 0) is 16.1 Å². The number of carbonyl (C=O) groups is 1. The van der Waals surface area contributed by atoms with E-state index in [0.29, 0.717) is 23.7 Å². The predicted molar refractivity (Wildman–Crippen MR) is 120 cm³/mol. The molecule has 2 aromatic heterocycles. The van der Waals surface area contributed by atoms with Gasteiger partial charge in [0.1, 0.15) is 12.4 Å². The number of nitrogens with one attached hydrogen (secondary N) is 1. The van der Waals surface area contributed by atoms with Crippen LogP contribution in [0, 0.1) is 11.8 Å². The Kier molecular flexibility index (Phi) is 6.48. The smallest absolute Gasteiger partial charge is 0.327 e. The van der Waals surface area contributed by atoms with Gasteiger partial charge in [-0.05, 0) is 62.3 Å². The molecule has 0 saturated heterocycles. The molecule has 0 spiro atoms. The molecule has 0 bridgehead atoms. The number of methoxy groups -OCH3 is 2. The topological polar surface area (TPSA) is 95.4 Å². The zero-order chi connectivity index (χ0) is 22.7. The minimum atomic E-state index is -0.181. The van der Waals surface area contributed by atoms with E-state index >= 15 is 0 Å². The van der Waals surface area contributed by atoms with Gasteiger partial charge in [-0.1, -0.05) is 12.1 Å². The van der Waals surface area contributed by atoms with E-state index in [1.54, 1.807) is 17.7 Å². The summed E-state index contributed by atoms with van der Waals surface area (Å²) in [7, 11) is 3.06. The molecule has 170 valence electrons. The molecule has 2 heterocycles. The molecular weight excluding hydrogens is 410 g/mol. The van der Waals surface area contributed by atoms with Crippen molar-refractivity contribution >= 4 is 17.1 Å². The lowest BCUT2D eigenvalue weighted by Crippen LogP contribution is -2.30. The summed E-state index contributed by atoms with van der Waals surface area (Å²) in [4.78, 5) is 32.1. The summed E-state index contributed by atoms with van der Waals surface area (Å²) >= 11 is 0. The van der Waals surface area contributed by atoms with Gasteiger partial charge in [0.2, 0.25) is 5.88 Å². The van der Waals surface area contributed by atoms with Crippen molar-refractivity contribution in [2.24, 2.45) is 11.8 Å². The van der Waals surface area contributed by atoms with Crippen LogP contribution >= 0.6 is 0 Å². The van der Waals surface area contributed by atoms with E-state index in [-0.39, 0.29) is 29.5 Å². The van der Waals surface area contributed by atoms with Crippen LogP contribution in [0.3, 0.4) is 0 Å². The molecule has 0 amide bonds. The van der Waals surface area contributed by atoms with Gasteiger partial charge in [0.15, 0.2) is 5.65 Å². The number of hydrogen-bond acceptors (Lipinski definition) is 6.